The smallest absolute Gasteiger partial charge is 0.270 e. The van der Waals surface area contributed by atoms with Gasteiger partial charge in [-0.3, -0.25) is 9.48 Å². The first-order valence-corrected chi connectivity index (χ1v) is 8.74. The number of rotatable bonds is 4. The van der Waals surface area contributed by atoms with E-state index < -0.39 is 0 Å². The van der Waals surface area contributed by atoms with Crippen molar-refractivity contribution >= 4 is 17.2 Å². The van der Waals surface area contributed by atoms with Gasteiger partial charge in [0.15, 0.2) is 0 Å². The number of aryl methyl sites for hydroxylation is 4. The number of nitrogens with one attached hydrogen (secondary N) is 1. The number of carbonyl (C=O) groups is 1. The lowest BCUT2D eigenvalue weighted by Gasteiger charge is -2.11. The van der Waals surface area contributed by atoms with E-state index in [4.69, 9.17) is 4.98 Å². The van der Waals surface area contributed by atoms with Crippen LogP contribution in [0.1, 0.15) is 64.5 Å². The van der Waals surface area contributed by atoms with Gasteiger partial charge in [0, 0.05) is 11.4 Å². The molecule has 0 aliphatic heterocycles. The summed E-state index contributed by atoms with van der Waals surface area (Å²) in [7, 11) is 0. The fraction of sp³-hybridized carbons (Fsp3) is 0.562. The second kappa shape index (κ2) is 6.20. The summed E-state index contributed by atoms with van der Waals surface area (Å²) in [6.07, 6.45) is 4.69. The van der Waals surface area contributed by atoms with Gasteiger partial charge in [0.25, 0.3) is 5.91 Å². The molecule has 0 aromatic carbocycles. The van der Waals surface area contributed by atoms with Crippen molar-refractivity contribution in [1.29, 1.82) is 0 Å². The maximum absolute atomic E-state index is 12.5. The van der Waals surface area contributed by atoms with Crippen molar-refractivity contribution in [3.8, 4) is 0 Å². The van der Waals surface area contributed by atoms with Crippen molar-refractivity contribution in [2.75, 3.05) is 0 Å². The van der Waals surface area contributed by atoms with E-state index in [1.165, 1.54) is 23.4 Å². The van der Waals surface area contributed by atoms with Crippen LogP contribution in [0.4, 0.5) is 0 Å². The number of hydrogen-bond donors (Lipinski definition) is 1. The maximum Gasteiger partial charge on any atom is 0.270 e. The second-order valence-corrected chi connectivity index (χ2v) is 6.93. The van der Waals surface area contributed by atoms with Gasteiger partial charge in [0.05, 0.1) is 17.4 Å². The fourth-order valence-electron chi connectivity index (χ4n) is 2.86. The number of nitrogens with zero attached hydrogens (tertiary/aromatic N) is 3. The third-order valence-corrected chi connectivity index (χ3v) is 5.35. The molecule has 1 aliphatic rings. The maximum atomic E-state index is 12.5. The minimum absolute atomic E-state index is 0.0661. The third-order valence-electron chi connectivity index (χ3n) is 4.01. The molecule has 2 aromatic rings. The topological polar surface area (TPSA) is 59.8 Å². The molecule has 1 unspecified atom stereocenters. The fourth-order valence-corrected chi connectivity index (χ4v) is 4.01. The Bertz CT molecular complexity index is 665. The van der Waals surface area contributed by atoms with Crippen molar-refractivity contribution in [2.24, 2.45) is 0 Å². The predicted molar refractivity (Wildman–Crippen MR) is 87.3 cm³/mol. The largest absolute Gasteiger partial charge is 0.342 e. The summed E-state index contributed by atoms with van der Waals surface area (Å²) in [5.74, 6) is -0.0804. The first-order valence-electron chi connectivity index (χ1n) is 7.92. The quantitative estimate of drug-likeness (QED) is 0.942. The zero-order valence-electron chi connectivity index (χ0n) is 13.3. The molecular weight excluding hydrogens is 296 g/mol. The van der Waals surface area contributed by atoms with Gasteiger partial charge in [-0.2, -0.15) is 5.10 Å². The van der Waals surface area contributed by atoms with Crippen LogP contribution in [-0.4, -0.2) is 20.7 Å². The first-order chi connectivity index (χ1) is 10.6. The Balaban J connectivity index is 1.74. The van der Waals surface area contributed by atoms with Gasteiger partial charge in [0.2, 0.25) is 0 Å². The molecule has 0 radical (unpaired) electrons. The summed E-state index contributed by atoms with van der Waals surface area (Å²) in [6.45, 7) is 6.58. The molecule has 0 spiro atoms. The SMILES string of the molecule is CCn1nc(C)cc1C(=O)NC(C)c1nc2c(s1)CCCC2. The van der Waals surface area contributed by atoms with Gasteiger partial charge in [0.1, 0.15) is 10.7 Å². The van der Waals surface area contributed by atoms with E-state index in [0.29, 0.717) is 12.2 Å². The average Bonchev–Trinajstić information content (AvgIpc) is 3.10. The highest BCUT2D eigenvalue weighted by molar-refractivity contribution is 7.11. The summed E-state index contributed by atoms with van der Waals surface area (Å²) in [4.78, 5) is 18.6. The Labute approximate surface area is 134 Å². The molecule has 0 saturated heterocycles. The Hall–Kier alpha value is -1.69. The standard InChI is InChI=1S/C16H22N4OS/c1-4-20-13(9-10(2)19-20)15(21)17-11(3)16-18-12-7-5-6-8-14(12)22-16/h9,11H,4-8H2,1-3H3,(H,17,21). The highest BCUT2D eigenvalue weighted by Gasteiger charge is 2.21. The highest BCUT2D eigenvalue weighted by Crippen LogP contribution is 2.29. The normalized spacial score (nSPS) is 15.4. The summed E-state index contributed by atoms with van der Waals surface area (Å²) in [5.41, 5.74) is 2.72. The third kappa shape index (κ3) is 2.92. The molecule has 6 heteroatoms. The Morgan fingerprint density at radius 3 is 2.95 bits per heavy atom. The molecule has 1 atom stereocenters. The summed E-state index contributed by atoms with van der Waals surface area (Å²) >= 11 is 1.75. The van der Waals surface area contributed by atoms with Gasteiger partial charge in [-0.25, -0.2) is 4.98 Å². The van der Waals surface area contributed by atoms with Crippen LogP contribution in [0.25, 0.3) is 0 Å². The van der Waals surface area contributed by atoms with E-state index in [0.717, 1.165) is 23.5 Å². The van der Waals surface area contributed by atoms with Crippen molar-refractivity contribution in [2.45, 2.75) is 59.0 Å². The molecule has 2 aromatic heterocycles. The van der Waals surface area contributed by atoms with E-state index in [9.17, 15) is 4.79 Å². The molecule has 5 nitrogen and oxygen atoms in total. The number of thiazole rings is 1. The van der Waals surface area contributed by atoms with Gasteiger partial charge >= 0.3 is 0 Å². The summed E-state index contributed by atoms with van der Waals surface area (Å²) in [6, 6.07) is 1.77. The molecule has 2 heterocycles. The first kappa shape index (κ1) is 15.2. The molecule has 22 heavy (non-hydrogen) atoms. The van der Waals surface area contributed by atoms with Gasteiger partial charge in [-0.15, -0.1) is 11.3 Å². The van der Waals surface area contributed by atoms with E-state index >= 15 is 0 Å². The molecular formula is C16H22N4OS. The van der Waals surface area contributed by atoms with Crippen LogP contribution in [0.3, 0.4) is 0 Å². The van der Waals surface area contributed by atoms with Gasteiger partial charge < -0.3 is 5.32 Å². The molecule has 3 rings (SSSR count). The minimum atomic E-state index is -0.0804. The van der Waals surface area contributed by atoms with Crippen LogP contribution < -0.4 is 5.32 Å². The molecule has 1 amide bonds. The second-order valence-electron chi connectivity index (χ2n) is 5.81. The van der Waals surface area contributed by atoms with Crippen LogP contribution in [0.15, 0.2) is 6.07 Å². The van der Waals surface area contributed by atoms with E-state index in [1.807, 2.05) is 26.8 Å². The molecule has 118 valence electrons. The Morgan fingerprint density at radius 1 is 1.45 bits per heavy atom. The van der Waals surface area contributed by atoms with Gasteiger partial charge in [-0.1, -0.05) is 0 Å². The molecule has 0 bridgehead atoms. The van der Waals surface area contributed by atoms with Crippen LogP contribution in [0, 0.1) is 6.92 Å². The number of fused-ring (bicyclic) bond motifs is 1. The van der Waals surface area contributed by atoms with Crippen molar-refractivity contribution < 1.29 is 4.79 Å². The van der Waals surface area contributed by atoms with Crippen molar-refractivity contribution in [3.63, 3.8) is 0 Å². The number of carbonyl (C=O) groups excluding carboxylic acids is 1. The monoisotopic (exact) mass is 318 g/mol. The zero-order valence-corrected chi connectivity index (χ0v) is 14.2. The highest BCUT2D eigenvalue weighted by atomic mass is 32.1. The summed E-state index contributed by atoms with van der Waals surface area (Å²) < 4.78 is 1.74. The predicted octanol–water partition coefficient (Wildman–Crippen LogP) is 3.04. The van der Waals surface area contributed by atoms with Crippen LogP contribution in [-0.2, 0) is 19.4 Å². The Kier molecular flexibility index (Phi) is 4.29. The molecule has 0 fully saturated rings. The number of aromatic nitrogens is 3. The van der Waals surface area contributed by atoms with Crippen LogP contribution >= 0.6 is 11.3 Å². The summed E-state index contributed by atoms with van der Waals surface area (Å²) in [5, 5.41) is 8.40. The number of hydrogen-bond acceptors (Lipinski definition) is 4. The van der Waals surface area contributed by atoms with Crippen molar-refractivity contribution in [3.05, 3.63) is 33.0 Å². The molecule has 1 N–H and O–H groups in total. The lowest BCUT2D eigenvalue weighted by atomic mass is 10.0. The Morgan fingerprint density at radius 2 is 2.23 bits per heavy atom. The van der Waals surface area contributed by atoms with Crippen molar-refractivity contribution in [1.82, 2.24) is 20.1 Å². The lowest BCUT2D eigenvalue weighted by molar-refractivity contribution is 0.0929. The average molecular weight is 318 g/mol. The van der Waals surface area contributed by atoms with Crippen LogP contribution in [0.2, 0.25) is 0 Å². The molecule has 1 aliphatic carbocycles. The molecule has 0 saturated carbocycles. The van der Waals surface area contributed by atoms with Gasteiger partial charge in [-0.05, 0) is 52.5 Å². The lowest BCUT2D eigenvalue weighted by Crippen LogP contribution is -2.28. The van der Waals surface area contributed by atoms with E-state index in [-0.39, 0.29) is 11.9 Å². The van der Waals surface area contributed by atoms with Crippen LogP contribution in [0.5, 0.6) is 0 Å². The zero-order chi connectivity index (χ0) is 15.7. The minimum Gasteiger partial charge on any atom is -0.342 e. The number of amides is 1. The van der Waals surface area contributed by atoms with E-state index in [2.05, 4.69) is 10.4 Å². The van der Waals surface area contributed by atoms with E-state index in [1.54, 1.807) is 16.0 Å².